The van der Waals surface area contributed by atoms with Gasteiger partial charge in [-0.05, 0) is 118 Å². The van der Waals surface area contributed by atoms with Crippen molar-refractivity contribution in [2.75, 3.05) is 0 Å². The van der Waals surface area contributed by atoms with Crippen molar-refractivity contribution < 1.29 is 8.83 Å². The van der Waals surface area contributed by atoms with Crippen LogP contribution in [0.3, 0.4) is 0 Å². The minimum Gasteiger partial charge on any atom is -0.456 e. The van der Waals surface area contributed by atoms with E-state index in [9.17, 15) is 0 Å². The Labute approximate surface area is 340 Å². The van der Waals surface area contributed by atoms with E-state index in [1.54, 1.807) is 0 Å². The van der Waals surface area contributed by atoms with Gasteiger partial charge in [-0.15, -0.1) is 0 Å². The van der Waals surface area contributed by atoms with E-state index in [-0.39, 0.29) is 5.41 Å². The summed E-state index contributed by atoms with van der Waals surface area (Å²) < 4.78 is 12.8. The number of hydrogen-bond donors (Lipinski definition) is 0. The van der Waals surface area contributed by atoms with Gasteiger partial charge in [0.15, 0.2) is 0 Å². The van der Waals surface area contributed by atoms with Crippen LogP contribution in [0, 0.1) is 0 Å². The standard InChI is InChI=1S/C57H36O2/c1-57(2)48-22-9-7-19-42(48)56-43(21-12-23-49(56)57)55-40-18-6-5-17-39(40)54(47-29-34(25-27-41(47)55)37-20-11-14-33-13-3-4-15-36(33)37)35-26-28-51-44(30-35)46-31-45-38-16-8-10-24-50(38)58-52(45)32-53(46)59-51/h3-32H,1-2H3. The molecule has 0 saturated heterocycles. The van der Waals surface area contributed by atoms with Crippen molar-refractivity contribution in [1.82, 2.24) is 0 Å². The van der Waals surface area contributed by atoms with Gasteiger partial charge in [0.2, 0.25) is 0 Å². The van der Waals surface area contributed by atoms with Gasteiger partial charge in [0.05, 0.1) is 0 Å². The Kier molecular flexibility index (Phi) is 6.54. The summed E-state index contributed by atoms with van der Waals surface area (Å²) in [6, 6.07) is 66.8. The maximum atomic E-state index is 6.55. The predicted octanol–water partition coefficient (Wildman–Crippen LogP) is 16.3. The fourth-order valence-corrected chi connectivity index (χ4v) is 10.5. The van der Waals surface area contributed by atoms with Crippen molar-refractivity contribution in [2.45, 2.75) is 19.3 Å². The summed E-state index contributed by atoms with van der Waals surface area (Å²) in [5, 5.41) is 11.8. The van der Waals surface area contributed by atoms with E-state index in [1.165, 1.54) is 82.4 Å². The first-order valence-electron chi connectivity index (χ1n) is 20.5. The zero-order valence-corrected chi connectivity index (χ0v) is 32.6. The third-order valence-corrected chi connectivity index (χ3v) is 13.3. The number of rotatable bonds is 3. The summed E-state index contributed by atoms with van der Waals surface area (Å²) in [5.74, 6) is 0. The van der Waals surface area contributed by atoms with E-state index >= 15 is 0 Å². The molecule has 0 N–H and O–H groups in total. The van der Waals surface area contributed by atoms with Crippen LogP contribution in [0.2, 0.25) is 0 Å². The van der Waals surface area contributed by atoms with Crippen LogP contribution in [-0.2, 0) is 5.41 Å². The molecule has 0 fully saturated rings. The second-order valence-corrected chi connectivity index (χ2v) is 16.7. The summed E-state index contributed by atoms with van der Waals surface area (Å²) >= 11 is 0. The summed E-state index contributed by atoms with van der Waals surface area (Å²) in [5.41, 5.74) is 16.1. The molecule has 276 valence electrons. The number of fused-ring (bicyclic) bond motifs is 12. The molecule has 2 heteroatoms. The summed E-state index contributed by atoms with van der Waals surface area (Å²) in [6.07, 6.45) is 0. The highest BCUT2D eigenvalue weighted by molar-refractivity contribution is 6.24. The maximum Gasteiger partial charge on any atom is 0.139 e. The Morgan fingerprint density at radius 3 is 1.73 bits per heavy atom. The van der Waals surface area contributed by atoms with Gasteiger partial charge in [-0.1, -0.05) is 159 Å². The fourth-order valence-electron chi connectivity index (χ4n) is 10.5. The normalized spacial score (nSPS) is 13.4. The Hall–Kier alpha value is -7.42. The van der Waals surface area contributed by atoms with Crippen LogP contribution < -0.4 is 0 Å². The first kappa shape index (κ1) is 32.6. The second kappa shape index (κ2) is 11.8. The fraction of sp³-hybridized carbons (Fsp3) is 0.0526. The van der Waals surface area contributed by atoms with Gasteiger partial charge < -0.3 is 8.83 Å². The number of hydrogen-bond acceptors (Lipinski definition) is 2. The predicted molar refractivity (Wildman–Crippen MR) is 247 cm³/mol. The van der Waals surface area contributed by atoms with Crippen LogP contribution in [0.1, 0.15) is 25.0 Å². The largest absolute Gasteiger partial charge is 0.456 e. The Morgan fingerprint density at radius 2 is 0.864 bits per heavy atom. The van der Waals surface area contributed by atoms with Crippen LogP contribution in [0.4, 0.5) is 0 Å². The van der Waals surface area contributed by atoms with Gasteiger partial charge >= 0.3 is 0 Å². The van der Waals surface area contributed by atoms with E-state index < -0.39 is 0 Å². The molecule has 13 rings (SSSR count). The minimum absolute atomic E-state index is 0.105. The van der Waals surface area contributed by atoms with Gasteiger partial charge in [-0.2, -0.15) is 0 Å². The Balaban J connectivity index is 1.14. The van der Waals surface area contributed by atoms with Gasteiger partial charge in [-0.3, -0.25) is 0 Å². The van der Waals surface area contributed by atoms with Gasteiger partial charge in [0.1, 0.15) is 22.3 Å². The van der Waals surface area contributed by atoms with Gasteiger partial charge in [0.25, 0.3) is 0 Å². The molecule has 0 bridgehead atoms. The molecule has 0 radical (unpaired) electrons. The third-order valence-electron chi connectivity index (χ3n) is 13.3. The molecular weight excluding hydrogens is 717 g/mol. The molecule has 0 atom stereocenters. The molecular formula is C57H36O2. The monoisotopic (exact) mass is 752 g/mol. The average Bonchev–Trinajstić information content (AvgIpc) is 3.90. The topological polar surface area (TPSA) is 26.3 Å². The summed E-state index contributed by atoms with van der Waals surface area (Å²) in [4.78, 5) is 0. The molecule has 2 nitrogen and oxygen atoms in total. The van der Waals surface area contributed by atoms with E-state index in [4.69, 9.17) is 8.83 Å². The van der Waals surface area contributed by atoms with Crippen LogP contribution in [-0.4, -0.2) is 0 Å². The number of furan rings is 2. The first-order valence-corrected chi connectivity index (χ1v) is 20.5. The Morgan fingerprint density at radius 1 is 0.305 bits per heavy atom. The molecule has 0 saturated carbocycles. The van der Waals surface area contributed by atoms with Crippen molar-refractivity contribution in [3.8, 4) is 44.5 Å². The lowest BCUT2D eigenvalue weighted by atomic mass is 9.80. The first-order chi connectivity index (χ1) is 29.0. The van der Waals surface area contributed by atoms with Crippen molar-refractivity contribution in [3.05, 3.63) is 193 Å². The molecule has 2 aromatic heterocycles. The maximum absolute atomic E-state index is 6.55. The molecule has 1 aliphatic carbocycles. The van der Waals surface area contributed by atoms with E-state index in [1.807, 2.05) is 12.1 Å². The van der Waals surface area contributed by atoms with E-state index in [0.717, 1.165) is 49.4 Å². The quantitative estimate of drug-likeness (QED) is 0.168. The van der Waals surface area contributed by atoms with Crippen molar-refractivity contribution in [1.29, 1.82) is 0 Å². The van der Waals surface area contributed by atoms with Crippen LogP contribution in [0.25, 0.3) is 121 Å². The zero-order chi connectivity index (χ0) is 39.0. The highest BCUT2D eigenvalue weighted by Crippen LogP contribution is 2.55. The van der Waals surface area contributed by atoms with Gasteiger partial charge in [0, 0.05) is 33.0 Å². The second-order valence-electron chi connectivity index (χ2n) is 16.7. The van der Waals surface area contributed by atoms with Crippen molar-refractivity contribution in [3.63, 3.8) is 0 Å². The molecule has 10 aromatic carbocycles. The average molecular weight is 753 g/mol. The highest BCUT2D eigenvalue weighted by Gasteiger charge is 2.37. The minimum atomic E-state index is -0.105. The number of benzene rings is 10. The molecule has 1 aliphatic rings. The molecule has 0 aliphatic heterocycles. The van der Waals surface area contributed by atoms with Gasteiger partial charge in [-0.25, -0.2) is 0 Å². The molecule has 59 heavy (non-hydrogen) atoms. The highest BCUT2D eigenvalue weighted by atomic mass is 16.3. The SMILES string of the molecule is CC1(C)c2ccccc2-c2c(-c3c4ccccc4c(-c4ccc5oc6cc7oc8ccccc8c7cc6c5c4)c4cc(-c5cccc6ccccc56)ccc34)cccc21. The molecule has 12 aromatic rings. The lowest BCUT2D eigenvalue weighted by Crippen LogP contribution is -2.14. The lowest BCUT2D eigenvalue weighted by molar-refractivity contribution is 0.656. The molecule has 0 amide bonds. The lowest BCUT2D eigenvalue weighted by Gasteiger charge is -2.23. The third kappa shape index (κ3) is 4.52. The molecule has 2 heterocycles. The summed E-state index contributed by atoms with van der Waals surface area (Å²) in [7, 11) is 0. The van der Waals surface area contributed by atoms with Crippen molar-refractivity contribution >= 4 is 76.2 Å². The van der Waals surface area contributed by atoms with E-state index in [0.29, 0.717) is 0 Å². The molecule has 0 spiro atoms. The summed E-state index contributed by atoms with van der Waals surface area (Å²) in [6.45, 7) is 4.74. The van der Waals surface area contributed by atoms with Crippen LogP contribution in [0.5, 0.6) is 0 Å². The van der Waals surface area contributed by atoms with Crippen molar-refractivity contribution in [2.24, 2.45) is 0 Å². The Bertz CT molecular complexity index is 3760. The molecule has 0 unspecified atom stereocenters. The zero-order valence-electron chi connectivity index (χ0n) is 32.6. The number of para-hydroxylation sites is 1. The van der Waals surface area contributed by atoms with E-state index in [2.05, 4.69) is 184 Å². The smallest absolute Gasteiger partial charge is 0.139 e. The van der Waals surface area contributed by atoms with Crippen LogP contribution in [0.15, 0.2) is 191 Å². The van der Waals surface area contributed by atoms with Crippen LogP contribution >= 0.6 is 0 Å².